The Morgan fingerprint density at radius 2 is 1.21 bits per heavy atom. The summed E-state index contributed by atoms with van der Waals surface area (Å²) in [5.41, 5.74) is 10.2. The SMILES string of the molecule is Cc1ccc2c(c1)C(C)(C)c1ccccc1N2c1ccc(-c2ccccc2)cc1. The molecule has 0 fully saturated rings. The van der Waals surface area contributed by atoms with Crippen molar-refractivity contribution in [1.29, 1.82) is 0 Å². The van der Waals surface area contributed by atoms with Crippen LogP contribution in [0.15, 0.2) is 97.1 Å². The van der Waals surface area contributed by atoms with E-state index in [4.69, 9.17) is 0 Å². The molecule has 0 saturated carbocycles. The van der Waals surface area contributed by atoms with Crippen LogP contribution in [-0.2, 0) is 5.41 Å². The van der Waals surface area contributed by atoms with Gasteiger partial charge in [-0.3, -0.25) is 0 Å². The summed E-state index contributed by atoms with van der Waals surface area (Å²) < 4.78 is 0. The largest absolute Gasteiger partial charge is 0.310 e. The number of hydrogen-bond donors (Lipinski definition) is 0. The van der Waals surface area contributed by atoms with Crippen molar-refractivity contribution in [3.05, 3.63) is 114 Å². The predicted octanol–water partition coefficient (Wildman–Crippen LogP) is 7.77. The summed E-state index contributed by atoms with van der Waals surface area (Å²) in [5.74, 6) is 0. The summed E-state index contributed by atoms with van der Waals surface area (Å²) in [4.78, 5) is 2.41. The van der Waals surface area contributed by atoms with Gasteiger partial charge in [-0.25, -0.2) is 0 Å². The molecule has 4 aromatic rings. The van der Waals surface area contributed by atoms with Crippen molar-refractivity contribution in [2.24, 2.45) is 0 Å². The zero-order valence-electron chi connectivity index (χ0n) is 17.2. The van der Waals surface area contributed by atoms with E-state index in [1.54, 1.807) is 0 Å². The molecule has 4 aromatic carbocycles. The van der Waals surface area contributed by atoms with Gasteiger partial charge in [-0.1, -0.05) is 92.2 Å². The summed E-state index contributed by atoms with van der Waals surface area (Å²) >= 11 is 0. The number of rotatable bonds is 2. The Morgan fingerprint density at radius 3 is 1.97 bits per heavy atom. The van der Waals surface area contributed by atoms with Crippen molar-refractivity contribution in [2.45, 2.75) is 26.2 Å². The van der Waals surface area contributed by atoms with E-state index in [9.17, 15) is 0 Å². The molecule has 0 atom stereocenters. The number of anilines is 3. The molecule has 1 heterocycles. The lowest BCUT2D eigenvalue weighted by Gasteiger charge is -2.42. The maximum Gasteiger partial charge on any atom is 0.0502 e. The molecule has 0 aliphatic carbocycles. The summed E-state index contributed by atoms with van der Waals surface area (Å²) in [6.07, 6.45) is 0. The third kappa shape index (κ3) is 2.86. The van der Waals surface area contributed by atoms with Crippen LogP contribution in [0.2, 0.25) is 0 Å². The molecule has 29 heavy (non-hydrogen) atoms. The topological polar surface area (TPSA) is 3.24 Å². The molecular formula is C28H25N. The second-order valence-electron chi connectivity index (χ2n) is 8.41. The summed E-state index contributed by atoms with van der Waals surface area (Å²) in [6, 6.07) is 35.1. The van der Waals surface area contributed by atoms with Gasteiger partial charge in [-0.2, -0.15) is 0 Å². The quantitative estimate of drug-likeness (QED) is 0.346. The van der Waals surface area contributed by atoms with Crippen LogP contribution in [0.5, 0.6) is 0 Å². The van der Waals surface area contributed by atoms with Gasteiger partial charge < -0.3 is 4.90 Å². The molecule has 1 heteroatoms. The van der Waals surface area contributed by atoms with Gasteiger partial charge in [0.05, 0.1) is 11.4 Å². The second kappa shape index (κ2) is 6.63. The number of nitrogens with zero attached hydrogens (tertiary/aromatic N) is 1. The first-order valence-corrected chi connectivity index (χ1v) is 10.2. The minimum Gasteiger partial charge on any atom is -0.310 e. The molecule has 142 valence electrons. The summed E-state index contributed by atoms with van der Waals surface area (Å²) in [5, 5.41) is 0. The third-order valence-electron chi connectivity index (χ3n) is 6.12. The monoisotopic (exact) mass is 375 g/mol. The standard InChI is InChI=1S/C28H25N/c1-20-13-18-27-25(19-20)28(2,3)24-11-7-8-12-26(24)29(27)23-16-14-22(15-17-23)21-9-5-4-6-10-21/h4-19H,1-3H3. The van der Waals surface area contributed by atoms with Crippen LogP contribution in [0.25, 0.3) is 11.1 Å². The van der Waals surface area contributed by atoms with Crippen molar-refractivity contribution in [2.75, 3.05) is 4.90 Å². The highest BCUT2D eigenvalue weighted by Crippen LogP contribution is 2.51. The van der Waals surface area contributed by atoms with Gasteiger partial charge in [0, 0.05) is 11.1 Å². The van der Waals surface area contributed by atoms with Crippen LogP contribution < -0.4 is 4.90 Å². The fourth-order valence-electron chi connectivity index (χ4n) is 4.53. The molecular weight excluding hydrogens is 350 g/mol. The van der Waals surface area contributed by atoms with Crippen LogP contribution in [0, 0.1) is 6.92 Å². The Balaban J connectivity index is 1.68. The normalized spacial score (nSPS) is 14.2. The van der Waals surface area contributed by atoms with Crippen LogP contribution in [0.3, 0.4) is 0 Å². The Labute approximate surface area is 173 Å². The molecule has 0 aromatic heterocycles. The average molecular weight is 376 g/mol. The van der Waals surface area contributed by atoms with E-state index < -0.39 is 0 Å². The van der Waals surface area contributed by atoms with Crippen molar-refractivity contribution >= 4 is 17.1 Å². The van der Waals surface area contributed by atoms with Crippen LogP contribution >= 0.6 is 0 Å². The van der Waals surface area contributed by atoms with Crippen molar-refractivity contribution < 1.29 is 0 Å². The summed E-state index contributed by atoms with van der Waals surface area (Å²) in [7, 11) is 0. The van der Waals surface area contributed by atoms with Crippen molar-refractivity contribution in [3.8, 4) is 11.1 Å². The smallest absolute Gasteiger partial charge is 0.0502 e. The van der Waals surface area contributed by atoms with Crippen LogP contribution in [0.4, 0.5) is 17.1 Å². The van der Waals surface area contributed by atoms with Crippen LogP contribution in [-0.4, -0.2) is 0 Å². The number of hydrogen-bond acceptors (Lipinski definition) is 1. The third-order valence-corrected chi connectivity index (χ3v) is 6.12. The molecule has 0 radical (unpaired) electrons. The van der Waals surface area contributed by atoms with Gasteiger partial charge in [0.1, 0.15) is 0 Å². The van der Waals surface area contributed by atoms with E-state index >= 15 is 0 Å². The lowest BCUT2D eigenvalue weighted by molar-refractivity contribution is 0.631. The van der Waals surface area contributed by atoms with E-state index in [2.05, 4.69) is 123 Å². The van der Waals surface area contributed by atoms with Crippen molar-refractivity contribution in [1.82, 2.24) is 0 Å². The van der Waals surface area contributed by atoms with Crippen molar-refractivity contribution in [3.63, 3.8) is 0 Å². The van der Waals surface area contributed by atoms with E-state index in [1.165, 1.54) is 44.9 Å². The van der Waals surface area contributed by atoms with E-state index in [0.29, 0.717) is 0 Å². The molecule has 0 saturated heterocycles. The molecule has 0 spiro atoms. The highest BCUT2D eigenvalue weighted by molar-refractivity contribution is 5.86. The second-order valence-corrected chi connectivity index (χ2v) is 8.41. The maximum atomic E-state index is 2.41. The Bertz CT molecular complexity index is 1170. The average Bonchev–Trinajstić information content (AvgIpc) is 2.76. The fourth-order valence-corrected chi connectivity index (χ4v) is 4.53. The van der Waals surface area contributed by atoms with Gasteiger partial charge in [0.15, 0.2) is 0 Å². The number of benzene rings is 4. The number of para-hydroxylation sites is 1. The highest BCUT2D eigenvalue weighted by atomic mass is 15.2. The van der Waals surface area contributed by atoms with Gasteiger partial charge >= 0.3 is 0 Å². The van der Waals surface area contributed by atoms with Gasteiger partial charge in [-0.15, -0.1) is 0 Å². The fraction of sp³-hybridized carbons (Fsp3) is 0.143. The van der Waals surface area contributed by atoms with Gasteiger partial charge in [0.2, 0.25) is 0 Å². The number of aryl methyl sites for hydroxylation is 1. The number of fused-ring (bicyclic) bond motifs is 2. The highest BCUT2D eigenvalue weighted by Gasteiger charge is 2.36. The first kappa shape index (κ1) is 17.8. The lowest BCUT2D eigenvalue weighted by atomic mass is 9.73. The molecule has 0 unspecified atom stereocenters. The molecule has 0 amide bonds. The molecule has 1 aliphatic heterocycles. The van der Waals surface area contributed by atoms with E-state index in [0.717, 1.165) is 0 Å². The molecule has 0 N–H and O–H groups in total. The maximum absolute atomic E-state index is 2.41. The van der Waals surface area contributed by atoms with E-state index in [-0.39, 0.29) is 5.41 Å². The Kier molecular flexibility index (Phi) is 4.06. The predicted molar refractivity (Wildman–Crippen MR) is 123 cm³/mol. The van der Waals surface area contributed by atoms with Gasteiger partial charge in [0.25, 0.3) is 0 Å². The minimum absolute atomic E-state index is 0.0293. The zero-order chi connectivity index (χ0) is 20.0. The first-order chi connectivity index (χ1) is 14.1. The first-order valence-electron chi connectivity index (χ1n) is 10.2. The van der Waals surface area contributed by atoms with E-state index in [1.807, 2.05) is 0 Å². The molecule has 1 nitrogen and oxygen atoms in total. The zero-order valence-corrected chi connectivity index (χ0v) is 17.2. The molecule has 5 rings (SSSR count). The van der Waals surface area contributed by atoms with Gasteiger partial charge in [-0.05, 0) is 53.4 Å². The minimum atomic E-state index is -0.0293. The Hall–Kier alpha value is -3.32. The lowest BCUT2D eigenvalue weighted by Crippen LogP contribution is -2.30. The summed E-state index contributed by atoms with van der Waals surface area (Å²) in [6.45, 7) is 6.84. The van der Waals surface area contributed by atoms with Crippen LogP contribution in [0.1, 0.15) is 30.5 Å². The molecule has 1 aliphatic rings. The Morgan fingerprint density at radius 1 is 0.586 bits per heavy atom. The molecule has 0 bridgehead atoms.